The lowest BCUT2D eigenvalue weighted by molar-refractivity contribution is 0.0787. The Hall–Kier alpha value is -3.23. The summed E-state index contributed by atoms with van der Waals surface area (Å²) in [4.78, 5) is 31.9. The summed E-state index contributed by atoms with van der Waals surface area (Å²) in [5, 5.41) is 4.25. The van der Waals surface area contributed by atoms with Gasteiger partial charge in [-0.3, -0.25) is 9.20 Å². The van der Waals surface area contributed by atoms with Crippen LogP contribution in [0.15, 0.2) is 29.2 Å². The summed E-state index contributed by atoms with van der Waals surface area (Å²) in [7, 11) is 1.63. The van der Waals surface area contributed by atoms with Crippen molar-refractivity contribution in [3.63, 3.8) is 0 Å². The largest absolute Gasteiger partial charge is 0.488 e. The van der Waals surface area contributed by atoms with Crippen LogP contribution in [0, 0.1) is 0 Å². The molecular weight excluding hydrogens is 348 g/mol. The Morgan fingerprint density at radius 1 is 1.22 bits per heavy atom. The number of amides is 1. The highest BCUT2D eigenvalue weighted by molar-refractivity contribution is 5.94. The van der Waals surface area contributed by atoms with E-state index < -0.39 is 0 Å². The molecule has 1 saturated heterocycles. The minimum absolute atomic E-state index is 0.0113. The summed E-state index contributed by atoms with van der Waals surface area (Å²) >= 11 is 0. The number of ether oxygens (including phenoxy) is 1. The molecule has 0 spiro atoms. The molecule has 0 atom stereocenters. The number of likely N-dealkylation sites (tertiary alicyclic amines) is 1. The number of hydrogen-bond acceptors (Lipinski definition) is 5. The highest BCUT2D eigenvalue weighted by Crippen LogP contribution is 2.37. The van der Waals surface area contributed by atoms with E-state index in [2.05, 4.69) is 15.0 Å². The van der Waals surface area contributed by atoms with Gasteiger partial charge in [0.2, 0.25) is 0 Å². The maximum atomic E-state index is 12.7. The number of aryl methyl sites for hydroxylation is 1. The van der Waals surface area contributed by atoms with Crippen molar-refractivity contribution in [2.24, 2.45) is 7.05 Å². The molecule has 0 saturated carbocycles. The highest BCUT2D eigenvalue weighted by atomic mass is 16.5. The molecule has 1 amide bonds. The standard InChI is InChI=1S/C18H20N6O3/c1-21-18(26)24-7-4-12(10-15(24)20-21)23-8-9-27-14-11-13(19-16(14)23)17(25)22-5-2-3-6-22/h4,7,10-11,19H,2-3,5-6,8-9H2,1H3. The fourth-order valence-electron chi connectivity index (χ4n) is 3.79. The van der Waals surface area contributed by atoms with Crippen LogP contribution in [0.1, 0.15) is 23.3 Å². The van der Waals surface area contributed by atoms with Gasteiger partial charge in [0, 0.05) is 44.2 Å². The van der Waals surface area contributed by atoms with Crippen molar-refractivity contribution in [2.75, 3.05) is 31.1 Å². The molecule has 140 valence electrons. The Bertz CT molecular complexity index is 1090. The predicted octanol–water partition coefficient (Wildman–Crippen LogP) is 1.13. The zero-order valence-electron chi connectivity index (χ0n) is 15.0. The molecule has 5 rings (SSSR count). The number of hydrogen-bond donors (Lipinski definition) is 1. The number of H-pyrrole nitrogens is 1. The van der Waals surface area contributed by atoms with E-state index in [1.807, 2.05) is 17.0 Å². The van der Waals surface area contributed by atoms with Crippen LogP contribution in [-0.4, -0.2) is 56.2 Å². The van der Waals surface area contributed by atoms with E-state index in [1.54, 1.807) is 19.3 Å². The molecule has 2 aliphatic heterocycles. The monoisotopic (exact) mass is 368 g/mol. The van der Waals surface area contributed by atoms with Crippen molar-refractivity contribution in [1.82, 2.24) is 24.1 Å². The van der Waals surface area contributed by atoms with Crippen molar-refractivity contribution in [3.05, 3.63) is 40.6 Å². The number of carbonyl (C=O) groups excluding carboxylic acids is 1. The van der Waals surface area contributed by atoms with Crippen LogP contribution in [0.2, 0.25) is 0 Å². The van der Waals surface area contributed by atoms with Gasteiger partial charge < -0.3 is 19.5 Å². The third kappa shape index (κ3) is 2.49. The van der Waals surface area contributed by atoms with Gasteiger partial charge in [0.05, 0.1) is 6.54 Å². The molecule has 0 unspecified atom stereocenters. The molecule has 9 heteroatoms. The van der Waals surface area contributed by atoms with Crippen LogP contribution in [0.25, 0.3) is 5.65 Å². The lowest BCUT2D eigenvalue weighted by Gasteiger charge is -2.28. The molecule has 5 heterocycles. The summed E-state index contributed by atoms with van der Waals surface area (Å²) in [6.45, 7) is 2.76. The molecule has 1 N–H and O–H groups in total. The number of nitrogens with zero attached hydrogens (tertiary/aromatic N) is 5. The third-order valence-electron chi connectivity index (χ3n) is 5.19. The van der Waals surface area contributed by atoms with Gasteiger partial charge in [-0.2, -0.15) is 5.10 Å². The number of carbonyl (C=O) groups is 1. The number of aromatic nitrogens is 4. The van der Waals surface area contributed by atoms with Crippen LogP contribution in [0.3, 0.4) is 0 Å². The van der Waals surface area contributed by atoms with Crippen LogP contribution < -0.4 is 15.3 Å². The second-order valence-electron chi connectivity index (χ2n) is 6.91. The smallest absolute Gasteiger partial charge is 0.350 e. The van der Waals surface area contributed by atoms with Crippen LogP contribution >= 0.6 is 0 Å². The lowest BCUT2D eigenvalue weighted by atomic mass is 10.3. The van der Waals surface area contributed by atoms with E-state index in [0.717, 1.165) is 37.4 Å². The van der Waals surface area contributed by atoms with Crippen molar-refractivity contribution < 1.29 is 9.53 Å². The number of nitrogens with one attached hydrogen (secondary N) is 1. The summed E-state index contributed by atoms with van der Waals surface area (Å²) in [6, 6.07) is 5.51. The maximum absolute atomic E-state index is 12.7. The van der Waals surface area contributed by atoms with Crippen molar-refractivity contribution >= 4 is 23.1 Å². The number of pyridine rings is 1. The zero-order chi connectivity index (χ0) is 18.5. The first-order valence-electron chi connectivity index (χ1n) is 9.10. The molecule has 3 aromatic heterocycles. The minimum Gasteiger partial charge on any atom is -0.488 e. The normalized spacial score (nSPS) is 16.6. The van der Waals surface area contributed by atoms with Gasteiger partial charge in [-0.15, -0.1) is 0 Å². The number of anilines is 2. The molecule has 0 bridgehead atoms. The molecule has 27 heavy (non-hydrogen) atoms. The van der Waals surface area contributed by atoms with Gasteiger partial charge >= 0.3 is 5.69 Å². The number of rotatable bonds is 2. The van der Waals surface area contributed by atoms with Gasteiger partial charge in [-0.25, -0.2) is 9.48 Å². The topological polar surface area (TPSA) is 87.9 Å². The molecule has 3 aromatic rings. The first-order valence-corrected chi connectivity index (χ1v) is 9.10. The second-order valence-corrected chi connectivity index (χ2v) is 6.91. The van der Waals surface area contributed by atoms with E-state index in [9.17, 15) is 9.59 Å². The maximum Gasteiger partial charge on any atom is 0.350 e. The average molecular weight is 368 g/mol. The minimum atomic E-state index is -0.183. The van der Waals surface area contributed by atoms with Crippen molar-refractivity contribution in [2.45, 2.75) is 12.8 Å². The fourth-order valence-corrected chi connectivity index (χ4v) is 3.79. The molecule has 9 nitrogen and oxygen atoms in total. The SMILES string of the molecule is Cn1nc2cc(N3CCOc4cc(C(=O)N5CCCC5)[nH]c43)ccn2c1=O. The van der Waals surface area contributed by atoms with E-state index in [-0.39, 0.29) is 11.6 Å². The summed E-state index contributed by atoms with van der Waals surface area (Å²) in [6.07, 6.45) is 3.82. The molecule has 2 aliphatic rings. The van der Waals surface area contributed by atoms with E-state index in [1.165, 1.54) is 9.08 Å². The Labute approximate surface area is 154 Å². The van der Waals surface area contributed by atoms with E-state index in [0.29, 0.717) is 30.2 Å². The zero-order valence-corrected chi connectivity index (χ0v) is 15.0. The Morgan fingerprint density at radius 3 is 2.85 bits per heavy atom. The fraction of sp³-hybridized carbons (Fsp3) is 0.389. The molecule has 0 aromatic carbocycles. The van der Waals surface area contributed by atoms with Crippen molar-refractivity contribution in [1.29, 1.82) is 0 Å². The quantitative estimate of drug-likeness (QED) is 0.733. The molecule has 0 aliphatic carbocycles. The molecule has 0 radical (unpaired) electrons. The van der Waals surface area contributed by atoms with Gasteiger partial charge in [0.1, 0.15) is 12.3 Å². The van der Waals surface area contributed by atoms with E-state index >= 15 is 0 Å². The summed E-state index contributed by atoms with van der Waals surface area (Å²) in [5.41, 5.74) is 1.83. The van der Waals surface area contributed by atoms with Crippen molar-refractivity contribution in [3.8, 4) is 5.75 Å². The van der Waals surface area contributed by atoms with Gasteiger partial charge in [0.15, 0.2) is 17.2 Å². The molecule has 1 fully saturated rings. The first-order chi connectivity index (χ1) is 13.1. The Morgan fingerprint density at radius 2 is 2.04 bits per heavy atom. The summed E-state index contributed by atoms with van der Waals surface area (Å²) in [5.74, 6) is 1.44. The molecular formula is C18H20N6O3. The number of fused-ring (bicyclic) bond motifs is 2. The van der Waals surface area contributed by atoms with Gasteiger partial charge in [0.25, 0.3) is 5.91 Å². The second kappa shape index (κ2) is 5.90. The Kier molecular flexibility index (Phi) is 3.49. The van der Waals surface area contributed by atoms with Crippen LogP contribution in [-0.2, 0) is 7.05 Å². The van der Waals surface area contributed by atoms with Gasteiger partial charge in [-0.1, -0.05) is 0 Å². The van der Waals surface area contributed by atoms with E-state index in [4.69, 9.17) is 4.74 Å². The van der Waals surface area contributed by atoms with Crippen LogP contribution in [0.5, 0.6) is 5.75 Å². The predicted molar refractivity (Wildman–Crippen MR) is 98.9 cm³/mol. The highest BCUT2D eigenvalue weighted by Gasteiger charge is 2.27. The lowest BCUT2D eigenvalue weighted by Crippen LogP contribution is -2.29. The first kappa shape index (κ1) is 16.0. The summed E-state index contributed by atoms with van der Waals surface area (Å²) < 4.78 is 8.57. The van der Waals surface area contributed by atoms with Crippen LogP contribution in [0.4, 0.5) is 11.5 Å². The third-order valence-corrected chi connectivity index (χ3v) is 5.19. The average Bonchev–Trinajstić information content (AvgIpc) is 3.40. The number of aromatic amines is 1. The Balaban J connectivity index is 1.52. The van der Waals surface area contributed by atoms with Gasteiger partial charge in [-0.05, 0) is 18.9 Å².